The summed E-state index contributed by atoms with van der Waals surface area (Å²) in [5.41, 5.74) is 5.81. The van der Waals surface area contributed by atoms with Gasteiger partial charge in [0, 0.05) is 12.1 Å². The third-order valence-electron chi connectivity index (χ3n) is 3.94. The lowest BCUT2D eigenvalue weighted by Crippen LogP contribution is -2.53. The number of nitrogens with two attached hydrogens (primary N) is 1. The smallest absolute Gasteiger partial charge is 0.251 e. The number of carbonyl (C=O) groups excluding carboxylic acids is 3. The van der Waals surface area contributed by atoms with Gasteiger partial charge in [-0.3, -0.25) is 14.4 Å². The van der Waals surface area contributed by atoms with Crippen LogP contribution in [0.4, 0.5) is 0 Å². The molecule has 2 rings (SSSR count). The Morgan fingerprint density at radius 2 is 1.95 bits per heavy atom. The highest BCUT2D eigenvalue weighted by Crippen LogP contribution is 2.15. The van der Waals surface area contributed by atoms with Crippen LogP contribution in [0, 0.1) is 0 Å². The molecule has 1 saturated heterocycles. The topological polar surface area (TPSA) is 92.5 Å². The highest BCUT2D eigenvalue weighted by molar-refractivity contribution is 5.98. The first kappa shape index (κ1) is 16.0. The van der Waals surface area contributed by atoms with Crippen molar-refractivity contribution in [3.63, 3.8) is 0 Å². The molecule has 1 aliphatic rings. The van der Waals surface area contributed by atoms with Crippen LogP contribution in [0.2, 0.25) is 0 Å². The Bertz CT molecular complexity index is 559. The lowest BCUT2D eigenvalue weighted by Gasteiger charge is -2.28. The Labute approximate surface area is 129 Å². The van der Waals surface area contributed by atoms with Crippen molar-refractivity contribution in [3.8, 4) is 0 Å². The van der Waals surface area contributed by atoms with E-state index in [9.17, 15) is 14.4 Å². The molecule has 0 bridgehead atoms. The number of primary amides is 1. The van der Waals surface area contributed by atoms with Crippen molar-refractivity contribution < 1.29 is 14.4 Å². The highest BCUT2D eigenvalue weighted by Gasteiger charge is 2.32. The molecule has 1 aliphatic heterocycles. The molecule has 6 nitrogen and oxygen atoms in total. The van der Waals surface area contributed by atoms with Crippen LogP contribution in [-0.2, 0) is 9.59 Å². The van der Waals surface area contributed by atoms with Gasteiger partial charge in [-0.2, -0.15) is 0 Å². The van der Waals surface area contributed by atoms with Gasteiger partial charge in [0.1, 0.15) is 12.1 Å². The summed E-state index contributed by atoms with van der Waals surface area (Å²) in [7, 11) is 0. The fraction of sp³-hybridized carbons (Fsp3) is 0.438. The van der Waals surface area contributed by atoms with E-state index in [1.165, 1.54) is 4.90 Å². The predicted molar refractivity (Wildman–Crippen MR) is 81.9 cm³/mol. The molecule has 1 fully saturated rings. The molecule has 0 aliphatic carbocycles. The predicted octanol–water partition coefficient (Wildman–Crippen LogP) is 0.671. The van der Waals surface area contributed by atoms with Gasteiger partial charge in [-0.25, -0.2) is 0 Å². The molecular formula is C16H21N3O3. The molecule has 3 amide bonds. The first-order valence-electron chi connectivity index (χ1n) is 7.46. The van der Waals surface area contributed by atoms with Crippen molar-refractivity contribution in [2.75, 3.05) is 6.54 Å². The Kier molecular flexibility index (Phi) is 5.14. The van der Waals surface area contributed by atoms with Gasteiger partial charge in [0.05, 0.1) is 0 Å². The van der Waals surface area contributed by atoms with Gasteiger partial charge in [0.2, 0.25) is 11.8 Å². The Morgan fingerprint density at radius 1 is 1.27 bits per heavy atom. The van der Waals surface area contributed by atoms with Gasteiger partial charge >= 0.3 is 0 Å². The maximum atomic E-state index is 12.6. The maximum Gasteiger partial charge on any atom is 0.251 e. The summed E-state index contributed by atoms with van der Waals surface area (Å²) in [6, 6.07) is 7.47. The molecule has 3 N–H and O–H groups in total. The van der Waals surface area contributed by atoms with E-state index < -0.39 is 18.0 Å². The number of likely N-dealkylation sites (tertiary alicyclic amines) is 1. The quantitative estimate of drug-likeness (QED) is 0.856. The minimum atomic E-state index is -0.665. The number of carbonyl (C=O) groups is 3. The minimum absolute atomic E-state index is 0.243. The normalized spacial score (nSPS) is 20.1. The summed E-state index contributed by atoms with van der Waals surface area (Å²) < 4.78 is 0. The average Bonchev–Trinajstić information content (AvgIpc) is 2.70. The third-order valence-corrected chi connectivity index (χ3v) is 3.94. The molecule has 0 unspecified atom stereocenters. The van der Waals surface area contributed by atoms with E-state index in [-0.39, 0.29) is 11.8 Å². The first-order chi connectivity index (χ1) is 10.5. The molecule has 6 heteroatoms. The van der Waals surface area contributed by atoms with Gasteiger partial charge in [0.15, 0.2) is 0 Å². The number of hydrogen-bond acceptors (Lipinski definition) is 3. The zero-order valence-electron chi connectivity index (χ0n) is 12.6. The summed E-state index contributed by atoms with van der Waals surface area (Å²) in [6.07, 6.45) is 2.17. The lowest BCUT2D eigenvalue weighted by molar-refractivity contribution is -0.139. The molecule has 0 aromatic heterocycles. The van der Waals surface area contributed by atoms with Crippen molar-refractivity contribution >= 4 is 17.7 Å². The standard InChI is InChI=1S/C16H21N3O3/c1-11(14(17)20)19-10-6-5-9-13(16(19)22)18-15(21)12-7-3-2-4-8-12/h2-4,7-8,11,13H,5-6,9-10H2,1H3,(H2,17,20)(H,18,21)/t11-,13-/m0/s1. The molecule has 118 valence electrons. The van der Waals surface area contributed by atoms with Crippen molar-refractivity contribution in [1.82, 2.24) is 10.2 Å². The van der Waals surface area contributed by atoms with Crippen LogP contribution in [0.25, 0.3) is 0 Å². The average molecular weight is 303 g/mol. The molecule has 1 heterocycles. The number of amides is 3. The molecule has 1 aromatic rings. The van der Waals surface area contributed by atoms with E-state index >= 15 is 0 Å². The summed E-state index contributed by atoms with van der Waals surface area (Å²) in [6.45, 7) is 2.10. The Morgan fingerprint density at radius 3 is 2.59 bits per heavy atom. The molecule has 0 radical (unpaired) electrons. The summed E-state index contributed by atoms with van der Waals surface area (Å²) in [5, 5.41) is 2.77. The zero-order valence-corrected chi connectivity index (χ0v) is 12.6. The van der Waals surface area contributed by atoms with Crippen LogP contribution in [0.1, 0.15) is 36.5 Å². The Hall–Kier alpha value is -2.37. The fourth-order valence-electron chi connectivity index (χ4n) is 2.57. The first-order valence-corrected chi connectivity index (χ1v) is 7.46. The van der Waals surface area contributed by atoms with Crippen LogP contribution >= 0.6 is 0 Å². The van der Waals surface area contributed by atoms with Crippen molar-refractivity contribution in [2.45, 2.75) is 38.3 Å². The molecule has 1 aromatic carbocycles. The number of nitrogens with zero attached hydrogens (tertiary/aromatic N) is 1. The number of hydrogen-bond donors (Lipinski definition) is 2. The van der Waals surface area contributed by atoms with Crippen molar-refractivity contribution in [2.24, 2.45) is 5.73 Å². The summed E-state index contributed by atoms with van der Waals surface area (Å²) >= 11 is 0. The Balaban J connectivity index is 2.10. The highest BCUT2D eigenvalue weighted by atomic mass is 16.2. The largest absolute Gasteiger partial charge is 0.368 e. The van der Waals surface area contributed by atoms with Crippen LogP contribution in [0.15, 0.2) is 30.3 Å². The van der Waals surface area contributed by atoms with Crippen LogP contribution < -0.4 is 11.1 Å². The van der Waals surface area contributed by atoms with Crippen molar-refractivity contribution in [3.05, 3.63) is 35.9 Å². The van der Waals surface area contributed by atoms with E-state index in [0.717, 1.165) is 12.8 Å². The van der Waals surface area contributed by atoms with Gasteiger partial charge in [-0.15, -0.1) is 0 Å². The van der Waals surface area contributed by atoms with Crippen LogP contribution in [0.3, 0.4) is 0 Å². The van der Waals surface area contributed by atoms with Gasteiger partial charge in [-0.1, -0.05) is 18.2 Å². The third kappa shape index (κ3) is 3.63. The second-order valence-corrected chi connectivity index (χ2v) is 5.50. The van der Waals surface area contributed by atoms with E-state index in [1.807, 2.05) is 6.07 Å². The second-order valence-electron chi connectivity index (χ2n) is 5.50. The number of nitrogens with one attached hydrogen (secondary N) is 1. The maximum absolute atomic E-state index is 12.6. The molecule has 0 saturated carbocycles. The number of rotatable bonds is 4. The van der Waals surface area contributed by atoms with Gasteiger partial charge in [0.25, 0.3) is 5.91 Å². The van der Waals surface area contributed by atoms with E-state index in [1.54, 1.807) is 31.2 Å². The van der Waals surface area contributed by atoms with Crippen LogP contribution in [0.5, 0.6) is 0 Å². The zero-order chi connectivity index (χ0) is 16.1. The monoisotopic (exact) mass is 303 g/mol. The summed E-state index contributed by atoms with van der Waals surface area (Å²) in [5.74, 6) is -1.07. The molecule has 0 spiro atoms. The van der Waals surface area contributed by atoms with E-state index in [2.05, 4.69) is 5.32 Å². The fourth-order valence-corrected chi connectivity index (χ4v) is 2.57. The van der Waals surface area contributed by atoms with Crippen LogP contribution in [-0.4, -0.2) is 41.2 Å². The van der Waals surface area contributed by atoms with Crippen molar-refractivity contribution in [1.29, 1.82) is 0 Å². The minimum Gasteiger partial charge on any atom is -0.368 e. The van der Waals surface area contributed by atoms with E-state index in [0.29, 0.717) is 18.5 Å². The molecule has 22 heavy (non-hydrogen) atoms. The number of benzene rings is 1. The van der Waals surface area contributed by atoms with Gasteiger partial charge < -0.3 is 16.0 Å². The SMILES string of the molecule is C[C@@H](C(N)=O)N1CCCC[C@H](NC(=O)c2ccccc2)C1=O. The second kappa shape index (κ2) is 7.06. The molecule has 2 atom stereocenters. The molecular weight excluding hydrogens is 282 g/mol. The summed E-state index contributed by atoms with van der Waals surface area (Å²) in [4.78, 5) is 37.6. The van der Waals surface area contributed by atoms with Gasteiger partial charge in [-0.05, 0) is 38.3 Å². The lowest BCUT2D eigenvalue weighted by atomic mass is 10.1. The van der Waals surface area contributed by atoms with E-state index in [4.69, 9.17) is 5.73 Å².